The zero-order chi connectivity index (χ0) is 11.8. The topological polar surface area (TPSA) is 12.0 Å². The molecule has 1 aromatic rings. The highest BCUT2D eigenvalue weighted by molar-refractivity contribution is 5.40. The molecule has 4 heteroatoms. The molecule has 0 radical (unpaired) electrons. The third-order valence-corrected chi connectivity index (χ3v) is 3.14. The molecular weight excluding hydrogens is 215 g/mol. The molecule has 0 saturated carbocycles. The lowest BCUT2D eigenvalue weighted by Crippen LogP contribution is -2.30. The Morgan fingerprint density at radius 2 is 2.12 bits per heavy atom. The van der Waals surface area contributed by atoms with Crippen molar-refractivity contribution < 1.29 is 13.2 Å². The van der Waals surface area contributed by atoms with Gasteiger partial charge >= 0.3 is 6.18 Å². The van der Waals surface area contributed by atoms with Gasteiger partial charge in [0.2, 0.25) is 0 Å². The summed E-state index contributed by atoms with van der Waals surface area (Å²) >= 11 is 0. The van der Waals surface area contributed by atoms with Crippen molar-refractivity contribution in [1.82, 2.24) is 5.32 Å². The highest BCUT2D eigenvalue weighted by Gasteiger charge is 2.35. The van der Waals surface area contributed by atoms with E-state index in [0.717, 1.165) is 18.5 Å². The van der Waals surface area contributed by atoms with Crippen LogP contribution in [0.25, 0.3) is 0 Å². The quantitative estimate of drug-likeness (QED) is 0.779. The van der Waals surface area contributed by atoms with E-state index in [4.69, 9.17) is 0 Å². The molecule has 0 bridgehead atoms. The molecule has 1 nitrogen and oxygen atoms in total. The van der Waals surface area contributed by atoms with Crippen molar-refractivity contribution in [2.75, 3.05) is 6.54 Å². The summed E-state index contributed by atoms with van der Waals surface area (Å²) in [5.74, 6) is 0.200. The van der Waals surface area contributed by atoms with Crippen molar-refractivity contribution in [2.45, 2.75) is 32.0 Å². The Morgan fingerprint density at radius 3 is 2.75 bits per heavy atom. The predicted octanol–water partition coefficient (Wildman–Crippen LogP) is 3.30. The van der Waals surface area contributed by atoms with Crippen molar-refractivity contribution in [3.8, 4) is 0 Å². The van der Waals surface area contributed by atoms with Crippen LogP contribution in [0.5, 0.6) is 0 Å². The Balaban J connectivity index is 2.51. The smallest absolute Gasteiger partial charge is 0.312 e. The Bertz CT molecular complexity index is 384. The summed E-state index contributed by atoms with van der Waals surface area (Å²) < 4.78 is 38.3. The maximum absolute atomic E-state index is 12.8. The monoisotopic (exact) mass is 229 g/mol. The van der Waals surface area contributed by atoms with E-state index in [1.807, 2.05) is 13.0 Å². The zero-order valence-corrected chi connectivity index (χ0v) is 9.06. The standard InChI is InChI=1S/C12H14F3N/c1-2-8-6-16-7-10-9(8)4-3-5-11(10)12(13,14)15/h3-5,8,16H,2,6-7H2,1H3. The number of alkyl halides is 3. The summed E-state index contributed by atoms with van der Waals surface area (Å²) in [5.41, 5.74) is 0.792. The molecule has 0 saturated heterocycles. The Labute approximate surface area is 92.7 Å². The highest BCUT2D eigenvalue weighted by atomic mass is 19.4. The molecule has 1 unspecified atom stereocenters. The van der Waals surface area contributed by atoms with E-state index in [9.17, 15) is 13.2 Å². The summed E-state index contributed by atoms with van der Waals surface area (Å²) in [6.45, 7) is 3.09. The molecule has 2 rings (SSSR count). The van der Waals surface area contributed by atoms with E-state index in [1.54, 1.807) is 0 Å². The van der Waals surface area contributed by atoms with E-state index in [1.165, 1.54) is 12.1 Å². The van der Waals surface area contributed by atoms with Crippen molar-refractivity contribution in [3.05, 3.63) is 34.9 Å². The van der Waals surface area contributed by atoms with Crippen LogP contribution < -0.4 is 5.32 Å². The second kappa shape index (κ2) is 4.09. The first-order valence-corrected chi connectivity index (χ1v) is 5.43. The lowest BCUT2D eigenvalue weighted by atomic mass is 9.86. The molecule has 1 aromatic carbocycles. The highest BCUT2D eigenvalue weighted by Crippen LogP contribution is 2.37. The molecule has 0 amide bonds. The third kappa shape index (κ3) is 1.94. The normalized spacial score (nSPS) is 20.6. The van der Waals surface area contributed by atoms with Gasteiger partial charge in [-0.2, -0.15) is 13.2 Å². The van der Waals surface area contributed by atoms with Crippen molar-refractivity contribution in [2.24, 2.45) is 0 Å². The zero-order valence-electron chi connectivity index (χ0n) is 9.06. The van der Waals surface area contributed by atoms with Gasteiger partial charge in [-0.05, 0) is 29.5 Å². The van der Waals surface area contributed by atoms with E-state index in [2.05, 4.69) is 5.32 Å². The second-order valence-corrected chi connectivity index (χ2v) is 4.11. The number of hydrogen-bond donors (Lipinski definition) is 1. The van der Waals surface area contributed by atoms with E-state index >= 15 is 0 Å². The number of benzene rings is 1. The number of nitrogens with one attached hydrogen (secondary N) is 1. The Morgan fingerprint density at radius 1 is 1.38 bits per heavy atom. The average molecular weight is 229 g/mol. The lowest BCUT2D eigenvalue weighted by molar-refractivity contribution is -0.138. The SMILES string of the molecule is CCC1CNCc2c1cccc2C(F)(F)F. The first-order valence-electron chi connectivity index (χ1n) is 5.43. The molecule has 1 aliphatic heterocycles. The largest absolute Gasteiger partial charge is 0.416 e. The summed E-state index contributed by atoms with van der Waals surface area (Å²) in [7, 11) is 0. The number of halogens is 3. The minimum atomic E-state index is -4.25. The fourth-order valence-corrected chi connectivity index (χ4v) is 2.30. The number of rotatable bonds is 1. The minimum absolute atomic E-state index is 0.200. The van der Waals surface area contributed by atoms with Crippen LogP contribution in [0.3, 0.4) is 0 Å². The molecule has 1 atom stereocenters. The van der Waals surface area contributed by atoms with Gasteiger partial charge in [0.1, 0.15) is 0 Å². The van der Waals surface area contributed by atoms with Gasteiger partial charge in [-0.1, -0.05) is 19.1 Å². The molecule has 1 heterocycles. The Hall–Kier alpha value is -1.03. The molecule has 16 heavy (non-hydrogen) atoms. The molecule has 88 valence electrons. The summed E-state index contributed by atoms with van der Waals surface area (Å²) in [5, 5.41) is 3.05. The minimum Gasteiger partial charge on any atom is -0.312 e. The fourth-order valence-electron chi connectivity index (χ4n) is 2.30. The van der Waals surface area contributed by atoms with Gasteiger partial charge in [0.05, 0.1) is 5.56 Å². The van der Waals surface area contributed by atoms with Crippen LogP contribution >= 0.6 is 0 Å². The van der Waals surface area contributed by atoms with Crippen molar-refractivity contribution in [1.29, 1.82) is 0 Å². The maximum Gasteiger partial charge on any atom is 0.416 e. The van der Waals surface area contributed by atoms with Crippen LogP contribution in [0.1, 0.15) is 36.0 Å². The molecule has 1 N–H and O–H groups in total. The maximum atomic E-state index is 12.8. The van der Waals surface area contributed by atoms with E-state index < -0.39 is 11.7 Å². The van der Waals surface area contributed by atoms with Crippen LogP contribution in [-0.2, 0) is 12.7 Å². The van der Waals surface area contributed by atoms with Gasteiger partial charge in [-0.3, -0.25) is 0 Å². The first kappa shape index (κ1) is 11.5. The summed E-state index contributed by atoms with van der Waals surface area (Å²) in [4.78, 5) is 0. The van der Waals surface area contributed by atoms with Gasteiger partial charge in [-0.25, -0.2) is 0 Å². The Kier molecular flexibility index (Phi) is 2.93. The average Bonchev–Trinajstić information content (AvgIpc) is 2.26. The van der Waals surface area contributed by atoms with Gasteiger partial charge in [0, 0.05) is 13.1 Å². The molecule has 0 fully saturated rings. The van der Waals surface area contributed by atoms with Crippen molar-refractivity contribution in [3.63, 3.8) is 0 Å². The molecule has 0 spiro atoms. The van der Waals surface area contributed by atoms with Crippen molar-refractivity contribution >= 4 is 0 Å². The first-order chi connectivity index (χ1) is 7.54. The van der Waals surface area contributed by atoms with Gasteiger partial charge in [0.15, 0.2) is 0 Å². The van der Waals surface area contributed by atoms with Crippen LogP contribution in [0.2, 0.25) is 0 Å². The van der Waals surface area contributed by atoms with Crippen LogP contribution in [0.4, 0.5) is 13.2 Å². The number of fused-ring (bicyclic) bond motifs is 1. The summed E-state index contributed by atoms with van der Waals surface area (Å²) in [6.07, 6.45) is -3.38. The van der Waals surface area contributed by atoms with Gasteiger partial charge in [-0.15, -0.1) is 0 Å². The summed E-state index contributed by atoms with van der Waals surface area (Å²) in [6, 6.07) is 4.49. The van der Waals surface area contributed by atoms with E-state index in [-0.39, 0.29) is 5.92 Å². The number of hydrogen-bond acceptors (Lipinski definition) is 1. The van der Waals surface area contributed by atoms with Crippen LogP contribution in [-0.4, -0.2) is 6.54 Å². The van der Waals surface area contributed by atoms with E-state index in [0.29, 0.717) is 12.1 Å². The molecular formula is C12H14F3N. The van der Waals surface area contributed by atoms with Crippen LogP contribution in [0, 0.1) is 0 Å². The molecule has 0 aliphatic carbocycles. The lowest BCUT2D eigenvalue weighted by Gasteiger charge is -2.28. The molecule has 0 aromatic heterocycles. The second-order valence-electron chi connectivity index (χ2n) is 4.11. The van der Waals surface area contributed by atoms with Gasteiger partial charge in [0.25, 0.3) is 0 Å². The predicted molar refractivity (Wildman–Crippen MR) is 56.2 cm³/mol. The fraction of sp³-hybridized carbons (Fsp3) is 0.500. The van der Waals surface area contributed by atoms with Gasteiger partial charge < -0.3 is 5.32 Å². The molecule has 1 aliphatic rings. The third-order valence-electron chi connectivity index (χ3n) is 3.14. The van der Waals surface area contributed by atoms with Crippen LogP contribution in [0.15, 0.2) is 18.2 Å².